The molecule has 3 N–H and O–H groups in total. The summed E-state index contributed by atoms with van der Waals surface area (Å²) in [5.74, 6) is 0.0934. The third-order valence-corrected chi connectivity index (χ3v) is 2.32. The average molecular weight is 200 g/mol. The van der Waals surface area contributed by atoms with Gasteiger partial charge in [-0.1, -0.05) is 33.1 Å². The van der Waals surface area contributed by atoms with Crippen molar-refractivity contribution in [1.82, 2.24) is 5.32 Å². The quantitative estimate of drug-likeness (QED) is 0.587. The number of amides is 1. The van der Waals surface area contributed by atoms with E-state index >= 15 is 0 Å². The van der Waals surface area contributed by atoms with E-state index in [1.54, 1.807) is 0 Å². The van der Waals surface area contributed by atoms with Gasteiger partial charge in [-0.25, -0.2) is 0 Å². The van der Waals surface area contributed by atoms with Gasteiger partial charge in [-0.05, 0) is 12.8 Å². The monoisotopic (exact) mass is 200 g/mol. The summed E-state index contributed by atoms with van der Waals surface area (Å²) in [5.41, 5.74) is 5.66. The van der Waals surface area contributed by atoms with Crippen LogP contribution in [0.25, 0.3) is 0 Å². The van der Waals surface area contributed by atoms with Crippen molar-refractivity contribution in [2.24, 2.45) is 5.73 Å². The Labute approximate surface area is 87.4 Å². The molecule has 0 spiro atoms. The van der Waals surface area contributed by atoms with E-state index in [4.69, 9.17) is 5.73 Å². The summed E-state index contributed by atoms with van der Waals surface area (Å²) in [5, 5.41) is 2.89. The summed E-state index contributed by atoms with van der Waals surface area (Å²) in [6, 6.07) is 0.0191. The Morgan fingerprint density at radius 3 is 2.57 bits per heavy atom. The maximum Gasteiger partial charge on any atom is 0.221 e. The van der Waals surface area contributed by atoms with Gasteiger partial charge in [0.25, 0.3) is 0 Å². The van der Waals surface area contributed by atoms with Crippen LogP contribution in [0.3, 0.4) is 0 Å². The van der Waals surface area contributed by atoms with Crippen LogP contribution in [0, 0.1) is 0 Å². The summed E-state index contributed by atoms with van der Waals surface area (Å²) >= 11 is 0. The molecule has 3 heteroatoms. The van der Waals surface area contributed by atoms with Gasteiger partial charge in [-0.3, -0.25) is 4.79 Å². The number of hydrogen-bond acceptors (Lipinski definition) is 2. The van der Waals surface area contributed by atoms with Crippen molar-refractivity contribution in [3.05, 3.63) is 0 Å². The molecule has 0 rings (SSSR count). The van der Waals surface area contributed by atoms with E-state index in [1.807, 2.05) is 6.92 Å². The second-order valence-electron chi connectivity index (χ2n) is 3.78. The third kappa shape index (κ3) is 8.05. The smallest absolute Gasteiger partial charge is 0.221 e. The van der Waals surface area contributed by atoms with Crippen LogP contribution < -0.4 is 11.1 Å². The van der Waals surface area contributed by atoms with Gasteiger partial charge in [0, 0.05) is 19.0 Å². The Morgan fingerprint density at radius 2 is 2.00 bits per heavy atom. The van der Waals surface area contributed by atoms with Crippen LogP contribution in [0.5, 0.6) is 0 Å². The minimum atomic E-state index is 0.0191. The second-order valence-corrected chi connectivity index (χ2v) is 3.78. The first-order valence-corrected chi connectivity index (χ1v) is 5.73. The first-order chi connectivity index (χ1) is 6.70. The van der Waals surface area contributed by atoms with Gasteiger partial charge in [0.1, 0.15) is 0 Å². The number of nitrogens with two attached hydrogens (primary N) is 1. The lowest BCUT2D eigenvalue weighted by molar-refractivity contribution is -0.121. The fourth-order valence-corrected chi connectivity index (χ4v) is 1.23. The summed E-state index contributed by atoms with van der Waals surface area (Å²) in [7, 11) is 0. The highest BCUT2D eigenvalue weighted by molar-refractivity contribution is 5.76. The molecule has 3 nitrogen and oxygen atoms in total. The topological polar surface area (TPSA) is 55.1 Å². The molecule has 0 aliphatic rings. The molecule has 0 aliphatic carbocycles. The lowest BCUT2D eigenvalue weighted by atomic mass is 10.1. The number of carbonyl (C=O) groups excluding carboxylic acids is 1. The fraction of sp³-hybridized carbons (Fsp3) is 0.909. The Hall–Kier alpha value is -0.570. The highest BCUT2D eigenvalue weighted by Gasteiger charge is 2.05. The lowest BCUT2D eigenvalue weighted by Crippen LogP contribution is -2.31. The minimum Gasteiger partial charge on any atom is -0.356 e. The Bertz CT molecular complexity index is 148. The van der Waals surface area contributed by atoms with E-state index in [2.05, 4.69) is 12.2 Å². The third-order valence-electron chi connectivity index (χ3n) is 2.32. The predicted molar refractivity (Wildman–Crippen MR) is 60.0 cm³/mol. The Balaban J connectivity index is 3.27. The number of hydrogen-bond donors (Lipinski definition) is 2. The minimum absolute atomic E-state index is 0.0191. The van der Waals surface area contributed by atoms with Crippen LogP contribution in [0.15, 0.2) is 0 Å². The van der Waals surface area contributed by atoms with E-state index < -0.39 is 0 Å². The van der Waals surface area contributed by atoms with Crippen LogP contribution in [-0.2, 0) is 4.79 Å². The average Bonchev–Trinajstić information content (AvgIpc) is 2.17. The van der Waals surface area contributed by atoms with Gasteiger partial charge in [0.05, 0.1) is 0 Å². The fourth-order valence-electron chi connectivity index (χ4n) is 1.23. The van der Waals surface area contributed by atoms with E-state index in [9.17, 15) is 4.79 Å². The highest BCUT2D eigenvalue weighted by Crippen LogP contribution is 1.98. The SMILES string of the molecule is CCCCCCNC(=O)CC(N)CC. The van der Waals surface area contributed by atoms with Crippen LogP contribution in [0.1, 0.15) is 52.4 Å². The molecule has 0 heterocycles. The van der Waals surface area contributed by atoms with Gasteiger partial charge in [0.2, 0.25) is 5.91 Å². The van der Waals surface area contributed by atoms with E-state index in [1.165, 1.54) is 19.3 Å². The summed E-state index contributed by atoms with van der Waals surface area (Å²) in [4.78, 5) is 11.3. The van der Waals surface area contributed by atoms with Crippen LogP contribution in [0.4, 0.5) is 0 Å². The maximum absolute atomic E-state index is 11.3. The van der Waals surface area contributed by atoms with Crippen molar-refractivity contribution in [2.45, 2.75) is 58.4 Å². The van der Waals surface area contributed by atoms with E-state index in [-0.39, 0.29) is 11.9 Å². The molecule has 0 saturated heterocycles. The van der Waals surface area contributed by atoms with Gasteiger partial charge in [-0.2, -0.15) is 0 Å². The molecule has 84 valence electrons. The number of unbranched alkanes of at least 4 members (excludes halogenated alkanes) is 3. The van der Waals surface area contributed by atoms with Gasteiger partial charge in [-0.15, -0.1) is 0 Å². The summed E-state index contributed by atoms with van der Waals surface area (Å²) in [6.45, 7) is 4.98. The van der Waals surface area contributed by atoms with Crippen LogP contribution >= 0.6 is 0 Å². The Kier molecular flexibility index (Phi) is 8.64. The molecule has 0 radical (unpaired) electrons. The molecule has 1 atom stereocenters. The number of rotatable bonds is 8. The van der Waals surface area contributed by atoms with Crippen molar-refractivity contribution in [1.29, 1.82) is 0 Å². The van der Waals surface area contributed by atoms with Crippen molar-refractivity contribution in [3.8, 4) is 0 Å². The Morgan fingerprint density at radius 1 is 1.29 bits per heavy atom. The summed E-state index contributed by atoms with van der Waals surface area (Å²) in [6.07, 6.45) is 6.10. The highest BCUT2D eigenvalue weighted by atomic mass is 16.1. The van der Waals surface area contributed by atoms with Crippen LogP contribution in [0.2, 0.25) is 0 Å². The predicted octanol–water partition coefficient (Wildman–Crippen LogP) is 1.81. The molecule has 0 bridgehead atoms. The molecule has 14 heavy (non-hydrogen) atoms. The van der Waals surface area contributed by atoms with Gasteiger partial charge < -0.3 is 11.1 Å². The second kappa shape index (κ2) is 9.00. The van der Waals surface area contributed by atoms with Crippen molar-refractivity contribution in [2.75, 3.05) is 6.54 Å². The first-order valence-electron chi connectivity index (χ1n) is 5.73. The van der Waals surface area contributed by atoms with Gasteiger partial charge >= 0.3 is 0 Å². The van der Waals surface area contributed by atoms with E-state index in [0.29, 0.717) is 6.42 Å². The number of carbonyl (C=O) groups is 1. The first kappa shape index (κ1) is 13.4. The molecule has 0 aromatic carbocycles. The maximum atomic E-state index is 11.3. The van der Waals surface area contributed by atoms with Crippen molar-refractivity contribution in [3.63, 3.8) is 0 Å². The molecular weight excluding hydrogens is 176 g/mol. The molecule has 1 amide bonds. The largest absolute Gasteiger partial charge is 0.356 e. The van der Waals surface area contributed by atoms with E-state index in [0.717, 1.165) is 19.4 Å². The van der Waals surface area contributed by atoms with Crippen molar-refractivity contribution >= 4 is 5.91 Å². The molecule has 0 saturated carbocycles. The summed E-state index contributed by atoms with van der Waals surface area (Å²) < 4.78 is 0. The zero-order valence-corrected chi connectivity index (χ0v) is 9.51. The number of nitrogens with one attached hydrogen (secondary N) is 1. The zero-order chi connectivity index (χ0) is 10.8. The molecule has 0 aliphatic heterocycles. The molecule has 1 unspecified atom stereocenters. The zero-order valence-electron chi connectivity index (χ0n) is 9.51. The normalized spacial score (nSPS) is 12.5. The standard InChI is InChI=1S/C11H24N2O/c1-3-5-6-7-8-13-11(14)9-10(12)4-2/h10H,3-9,12H2,1-2H3,(H,13,14). The molecular formula is C11H24N2O. The molecule has 0 aromatic heterocycles. The van der Waals surface area contributed by atoms with Crippen LogP contribution in [-0.4, -0.2) is 18.5 Å². The molecule has 0 fully saturated rings. The van der Waals surface area contributed by atoms with Crippen molar-refractivity contribution < 1.29 is 4.79 Å². The molecule has 0 aromatic rings. The van der Waals surface area contributed by atoms with Gasteiger partial charge in [0.15, 0.2) is 0 Å². The lowest BCUT2D eigenvalue weighted by Gasteiger charge is -2.08.